The van der Waals surface area contributed by atoms with E-state index in [0.717, 1.165) is 12.2 Å². The zero-order valence-electron chi connectivity index (χ0n) is 17.7. The fraction of sp³-hybridized carbons (Fsp3) is 0.174. The van der Waals surface area contributed by atoms with Crippen molar-refractivity contribution in [1.29, 1.82) is 0 Å². The van der Waals surface area contributed by atoms with Gasteiger partial charge in [0.15, 0.2) is 16.3 Å². The maximum Gasteiger partial charge on any atom is 0.257 e. The molecule has 4 aromatic rings. The standard InChI is InChI=1S/C23H18Cl2N6O2S/c24-17-8-3-14(9-18(17)25)21(32)30-23(34)29-15-4-6-16(7-5-15)33-22-19-20(26-11-27-22)31(12-28-19)10-13-1-2-13/h3-9,11-13H,1-2,10H2,(H2,29,30,32,34). The fourth-order valence-corrected chi connectivity index (χ4v) is 3.85. The van der Waals surface area contributed by atoms with Crippen LogP contribution in [0.1, 0.15) is 23.2 Å². The number of benzene rings is 2. The van der Waals surface area contributed by atoms with Gasteiger partial charge < -0.3 is 14.6 Å². The van der Waals surface area contributed by atoms with Crippen LogP contribution in [0, 0.1) is 5.92 Å². The van der Waals surface area contributed by atoms with E-state index in [1.807, 2.05) is 4.57 Å². The third kappa shape index (κ3) is 5.11. The number of carbonyl (C=O) groups excluding carboxylic acids is 1. The van der Waals surface area contributed by atoms with E-state index in [1.165, 1.54) is 25.2 Å². The Bertz CT molecular complexity index is 1390. The average molecular weight is 513 g/mol. The van der Waals surface area contributed by atoms with E-state index in [-0.39, 0.29) is 5.11 Å². The molecule has 0 atom stereocenters. The molecule has 1 aliphatic carbocycles. The lowest BCUT2D eigenvalue weighted by Gasteiger charge is -2.11. The van der Waals surface area contributed by atoms with Gasteiger partial charge in [-0.2, -0.15) is 4.98 Å². The Hall–Kier alpha value is -3.27. The summed E-state index contributed by atoms with van der Waals surface area (Å²) in [5.74, 6) is 1.28. The predicted octanol–water partition coefficient (Wildman–Crippen LogP) is 5.46. The molecule has 34 heavy (non-hydrogen) atoms. The van der Waals surface area contributed by atoms with Crippen molar-refractivity contribution in [2.45, 2.75) is 19.4 Å². The second-order valence-electron chi connectivity index (χ2n) is 7.85. The number of amides is 1. The lowest BCUT2D eigenvalue weighted by molar-refractivity contribution is 0.0977. The Labute approximate surface area is 210 Å². The highest BCUT2D eigenvalue weighted by molar-refractivity contribution is 7.80. The molecule has 1 aliphatic rings. The largest absolute Gasteiger partial charge is 0.437 e. The molecule has 1 saturated carbocycles. The maximum atomic E-state index is 12.4. The van der Waals surface area contributed by atoms with Crippen molar-refractivity contribution < 1.29 is 9.53 Å². The zero-order valence-corrected chi connectivity index (χ0v) is 20.0. The minimum absolute atomic E-state index is 0.142. The van der Waals surface area contributed by atoms with Gasteiger partial charge in [-0.3, -0.25) is 10.1 Å². The van der Waals surface area contributed by atoms with Crippen LogP contribution in [0.3, 0.4) is 0 Å². The number of nitrogens with one attached hydrogen (secondary N) is 2. The number of anilines is 1. The quantitative estimate of drug-likeness (QED) is 0.331. The van der Waals surface area contributed by atoms with Crippen LogP contribution in [0.5, 0.6) is 11.6 Å². The molecule has 1 amide bonds. The number of ether oxygens (including phenoxy) is 1. The summed E-state index contributed by atoms with van der Waals surface area (Å²) in [5, 5.41) is 6.37. The number of thiocarbonyl (C=S) groups is 1. The summed E-state index contributed by atoms with van der Waals surface area (Å²) < 4.78 is 7.99. The molecule has 0 spiro atoms. The van der Waals surface area contributed by atoms with Crippen LogP contribution < -0.4 is 15.4 Å². The second-order valence-corrected chi connectivity index (χ2v) is 9.08. The molecule has 0 aliphatic heterocycles. The number of carbonyl (C=O) groups is 1. The van der Waals surface area contributed by atoms with E-state index in [0.29, 0.717) is 44.4 Å². The van der Waals surface area contributed by atoms with Crippen molar-refractivity contribution in [3.8, 4) is 11.6 Å². The molecule has 2 N–H and O–H groups in total. The van der Waals surface area contributed by atoms with Crippen molar-refractivity contribution in [3.63, 3.8) is 0 Å². The maximum absolute atomic E-state index is 12.4. The average Bonchev–Trinajstić information content (AvgIpc) is 3.55. The van der Waals surface area contributed by atoms with E-state index in [4.69, 9.17) is 40.2 Å². The highest BCUT2D eigenvalue weighted by atomic mass is 35.5. The monoisotopic (exact) mass is 512 g/mol. The summed E-state index contributed by atoms with van der Waals surface area (Å²) in [6, 6.07) is 11.7. The van der Waals surface area contributed by atoms with Gasteiger partial charge in [0.25, 0.3) is 11.8 Å². The number of halogens is 2. The van der Waals surface area contributed by atoms with Crippen LogP contribution in [0.4, 0.5) is 5.69 Å². The van der Waals surface area contributed by atoms with Gasteiger partial charge in [0.2, 0.25) is 0 Å². The van der Waals surface area contributed by atoms with Gasteiger partial charge >= 0.3 is 0 Å². The SMILES string of the molecule is O=C(NC(=S)Nc1ccc(Oc2ncnc3c2ncn3CC2CC2)cc1)c1ccc(Cl)c(Cl)c1. The number of rotatable bonds is 6. The van der Waals surface area contributed by atoms with Crippen molar-refractivity contribution in [2.75, 3.05) is 5.32 Å². The van der Waals surface area contributed by atoms with Crippen molar-refractivity contribution in [2.24, 2.45) is 5.92 Å². The van der Waals surface area contributed by atoms with Crippen molar-refractivity contribution >= 4 is 63.3 Å². The molecule has 1 fully saturated rings. The second kappa shape index (κ2) is 9.54. The molecule has 5 rings (SSSR count). The lowest BCUT2D eigenvalue weighted by Crippen LogP contribution is -2.34. The Kier molecular flexibility index (Phi) is 6.32. The van der Waals surface area contributed by atoms with Crippen LogP contribution in [0.25, 0.3) is 11.2 Å². The third-order valence-electron chi connectivity index (χ3n) is 5.26. The van der Waals surface area contributed by atoms with Gasteiger partial charge in [0.05, 0.1) is 16.4 Å². The smallest absolute Gasteiger partial charge is 0.257 e. The molecule has 0 unspecified atom stereocenters. The number of imidazole rings is 1. The summed E-state index contributed by atoms with van der Waals surface area (Å²) in [7, 11) is 0. The lowest BCUT2D eigenvalue weighted by atomic mass is 10.2. The van der Waals surface area contributed by atoms with Crippen LogP contribution in [-0.4, -0.2) is 30.5 Å². The topological polar surface area (TPSA) is 94.0 Å². The van der Waals surface area contributed by atoms with E-state index in [1.54, 1.807) is 42.7 Å². The minimum Gasteiger partial charge on any atom is -0.437 e. The fourth-order valence-electron chi connectivity index (χ4n) is 3.34. The highest BCUT2D eigenvalue weighted by Gasteiger charge is 2.23. The van der Waals surface area contributed by atoms with Crippen molar-refractivity contribution in [1.82, 2.24) is 24.8 Å². The normalized spacial score (nSPS) is 13.0. The summed E-state index contributed by atoms with van der Waals surface area (Å²) >= 11 is 17.1. The molecule has 2 aromatic carbocycles. The summed E-state index contributed by atoms with van der Waals surface area (Å²) in [6.07, 6.45) is 5.76. The van der Waals surface area contributed by atoms with E-state index in [2.05, 4.69) is 25.6 Å². The van der Waals surface area contributed by atoms with Gasteiger partial charge in [-0.25, -0.2) is 9.97 Å². The zero-order chi connectivity index (χ0) is 23.7. The molecule has 8 nitrogen and oxygen atoms in total. The summed E-state index contributed by atoms with van der Waals surface area (Å²) in [6.45, 7) is 0.912. The van der Waals surface area contributed by atoms with Gasteiger partial charge in [0, 0.05) is 17.8 Å². The molecule has 0 bridgehead atoms. The number of nitrogens with zero attached hydrogens (tertiary/aromatic N) is 4. The van der Waals surface area contributed by atoms with Crippen LogP contribution in [0.15, 0.2) is 55.1 Å². The summed E-state index contributed by atoms with van der Waals surface area (Å²) in [4.78, 5) is 25.4. The Morgan fingerprint density at radius 2 is 1.88 bits per heavy atom. The predicted molar refractivity (Wildman–Crippen MR) is 135 cm³/mol. The number of fused-ring (bicyclic) bond motifs is 1. The van der Waals surface area contributed by atoms with E-state index in [9.17, 15) is 4.79 Å². The third-order valence-corrected chi connectivity index (χ3v) is 6.20. The van der Waals surface area contributed by atoms with Crippen LogP contribution in [0.2, 0.25) is 10.0 Å². The first-order valence-corrected chi connectivity index (χ1v) is 11.6. The Morgan fingerprint density at radius 1 is 1.09 bits per heavy atom. The molecule has 0 saturated heterocycles. The van der Waals surface area contributed by atoms with Gasteiger partial charge in [-0.1, -0.05) is 23.2 Å². The van der Waals surface area contributed by atoms with Gasteiger partial charge in [-0.05, 0) is 73.4 Å². The molecule has 0 radical (unpaired) electrons. The van der Waals surface area contributed by atoms with Gasteiger partial charge in [0.1, 0.15) is 12.1 Å². The van der Waals surface area contributed by atoms with Crippen LogP contribution >= 0.6 is 35.4 Å². The van der Waals surface area contributed by atoms with Crippen molar-refractivity contribution in [3.05, 3.63) is 70.7 Å². The van der Waals surface area contributed by atoms with E-state index < -0.39 is 5.91 Å². The molecule has 2 aromatic heterocycles. The highest BCUT2D eigenvalue weighted by Crippen LogP contribution is 2.32. The molecule has 11 heteroatoms. The number of aromatic nitrogens is 4. The Balaban J connectivity index is 1.21. The first-order chi connectivity index (χ1) is 16.5. The molecule has 2 heterocycles. The van der Waals surface area contributed by atoms with Gasteiger partial charge in [-0.15, -0.1) is 0 Å². The number of hydrogen-bond donors (Lipinski definition) is 2. The first-order valence-electron chi connectivity index (χ1n) is 10.5. The Morgan fingerprint density at radius 3 is 2.62 bits per heavy atom. The minimum atomic E-state index is -0.398. The number of hydrogen-bond acceptors (Lipinski definition) is 6. The first kappa shape index (κ1) is 22.5. The summed E-state index contributed by atoms with van der Waals surface area (Å²) in [5.41, 5.74) is 2.40. The molecular weight excluding hydrogens is 495 g/mol. The molecular formula is C23H18Cl2N6O2S. The van der Waals surface area contributed by atoms with Crippen LogP contribution in [-0.2, 0) is 6.54 Å². The molecule has 172 valence electrons. The van der Waals surface area contributed by atoms with E-state index >= 15 is 0 Å².